The van der Waals surface area contributed by atoms with Gasteiger partial charge in [0.2, 0.25) is 11.7 Å². The van der Waals surface area contributed by atoms with Gasteiger partial charge in [0.1, 0.15) is 29.8 Å². The number of carbonyl (C=O) groups excluding carboxylic acids is 3. The third-order valence-electron chi connectivity index (χ3n) is 12.8. The first kappa shape index (κ1) is 38.0. The lowest BCUT2D eigenvalue weighted by Gasteiger charge is -2.48. The van der Waals surface area contributed by atoms with Crippen LogP contribution in [-0.2, 0) is 52.3 Å². The Hall–Kier alpha value is -5.21. The van der Waals surface area contributed by atoms with Crippen molar-refractivity contribution in [1.82, 2.24) is 15.7 Å². The summed E-state index contributed by atoms with van der Waals surface area (Å²) in [7, 11) is 0. The van der Waals surface area contributed by atoms with Gasteiger partial charge in [-0.3, -0.25) is 19.2 Å². The van der Waals surface area contributed by atoms with Crippen molar-refractivity contribution in [1.29, 1.82) is 0 Å². The minimum atomic E-state index is -1.41. The molecule has 4 aromatic carbocycles. The predicted octanol–water partition coefficient (Wildman–Crippen LogP) is 4.79. The highest BCUT2D eigenvalue weighted by atomic mass is 16.8. The van der Waals surface area contributed by atoms with E-state index >= 15 is 0 Å². The summed E-state index contributed by atoms with van der Waals surface area (Å²) in [6.07, 6.45) is 5.56. The SMILES string of the molecule is O=C(NCCO)c1cccc(CNC(=O)C23CC4OC(=O)C2N(Cc2ccc(C=CC5CCC6OC6C5)cc2)OC3C2OC(c3ccccc3)(c3ccccc3)OC42)c1. The normalized spacial score (nSPS) is 31.2. The summed E-state index contributed by atoms with van der Waals surface area (Å²) in [5.74, 6) is -2.12. The largest absolute Gasteiger partial charge is 0.458 e. The molecule has 2 bridgehead atoms. The molecule has 3 N–H and O–H groups in total. The molecule has 4 aliphatic heterocycles. The van der Waals surface area contributed by atoms with Crippen molar-refractivity contribution >= 4 is 23.9 Å². The molecule has 6 fully saturated rings. The molecule has 4 saturated heterocycles. The van der Waals surface area contributed by atoms with Gasteiger partial charge in [0.25, 0.3) is 5.91 Å². The smallest absolute Gasteiger partial charge is 0.327 e. The molecule has 2 amide bonds. The third-order valence-corrected chi connectivity index (χ3v) is 12.8. The first-order valence-electron chi connectivity index (χ1n) is 20.6. The highest BCUT2D eigenvalue weighted by Gasteiger charge is 2.76. The molecule has 12 heteroatoms. The fourth-order valence-corrected chi connectivity index (χ4v) is 9.90. The number of carbonyl (C=O) groups is 3. The maximum absolute atomic E-state index is 15.0. The summed E-state index contributed by atoms with van der Waals surface area (Å²) >= 11 is 0. The number of amides is 2. The fraction of sp³-hybridized carbons (Fsp3) is 0.383. The third kappa shape index (κ3) is 6.87. The lowest BCUT2D eigenvalue weighted by molar-refractivity contribution is -0.213. The number of aliphatic hydroxyl groups excluding tert-OH is 1. The van der Waals surface area contributed by atoms with E-state index < -0.39 is 47.6 Å². The molecular formula is C47H47N3O9. The lowest BCUT2D eigenvalue weighted by Crippen LogP contribution is -2.69. The van der Waals surface area contributed by atoms with E-state index in [1.54, 1.807) is 23.3 Å². The predicted molar refractivity (Wildman–Crippen MR) is 214 cm³/mol. The molecule has 304 valence electrons. The van der Waals surface area contributed by atoms with E-state index in [2.05, 4.69) is 34.9 Å². The average Bonchev–Trinajstić information content (AvgIpc) is 3.80. The zero-order valence-electron chi connectivity index (χ0n) is 32.5. The molecule has 9 unspecified atom stereocenters. The Morgan fingerprint density at radius 2 is 1.56 bits per heavy atom. The van der Waals surface area contributed by atoms with Gasteiger partial charge in [-0.15, -0.1) is 0 Å². The minimum Gasteiger partial charge on any atom is -0.458 e. The van der Waals surface area contributed by atoms with Crippen molar-refractivity contribution in [2.75, 3.05) is 13.2 Å². The van der Waals surface area contributed by atoms with Gasteiger partial charge in [0.15, 0.2) is 6.04 Å². The summed E-state index contributed by atoms with van der Waals surface area (Å²) < 4.78 is 26.0. The minimum absolute atomic E-state index is 0.0916. The van der Waals surface area contributed by atoms with Crippen molar-refractivity contribution in [3.05, 3.63) is 149 Å². The molecule has 9 atom stereocenters. The second-order valence-corrected chi connectivity index (χ2v) is 16.5. The van der Waals surface area contributed by atoms with Crippen LogP contribution in [0.15, 0.2) is 115 Å². The number of fused-ring (bicyclic) bond motifs is 5. The number of nitrogens with one attached hydrogen (secondary N) is 2. The van der Waals surface area contributed by atoms with Crippen LogP contribution in [-0.4, -0.2) is 83.8 Å². The summed E-state index contributed by atoms with van der Waals surface area (Å²) in [6, 6.07) is 33.3. The molecule has 0 radical (unpaired) electrons. The Balaban J connectivity index is 0.962. The van der Waals surface area contributed by atoms with E-state index in [0.29, 0.717) is 29.3 Å². The maximum atomic E-state index is 15.0. The van der Waals surface area contributed by atoms with Gasteiger partial charge >= 0.3 is 5.97 Å². The number of allylic oxidation sites excluding steroid dienone is 1. The molecule has 59 heavy (non-hydrogen) atoms. The molecule has 4 heterocycles. The van der Waals surface area contributed by atoms with Gasteiger partial charge in [-0.1, -0.05) is 109 Å². The molecule has 2 aliphatic carbocycles. The maximum Gasteiger partial charge on any atom is 0.327 e. The molecule has 0 spiro atoms. The number of nitrogens with zero attached hydrogens (tertiary/aromatic N) is 1. The summed E-state index contributed by atoms with van der Waals surface area (Å²) in [5.41, 5.74) is 3.18. The van der Waals surface area contributed by atoms with E-state index in [1.807, 2.05) is 78.9 Å². The van der Waals surface area contributed by atoms with Crippen LogP contribution < -0.4 is 10.6 Å². The highest BCUT2D eigenvalue weighted by Crippen LogP contribution is 2.59. The van der Waals surface area contributed by atoms with Crippen LogP contribution in [0.4, 0.5) is 0 Å². The Morgan fingerprint density at radius 1 is 0.814 bits per heavy atom. The van der Waals surface area contributed by atoms with Gasteiger partial charge < -0.3 is 34.7 Å². The number of ether oxygens (including phenoxy) is 4. The number of benzene rings is 4. The van der Waals surface area contributed by atoms with Crippen LogP contribution in [0.1, 0.15) is 63.9 Å². The van der Waals surface area contributed by atoms with Crippen molar-refractivity contribution in [2.24, 2.45) is 11.3 Å². The average molecular weight is 798 g/mol. The molecule has 4 aromatic rings. The number of esters is 1. The van der Waals surface area contributed by atoms with Gasteiger partial charge in [-0.2, -0.15) is 5.06 Å². The number of hydrogen-bond donors (Lipinski definition) is 3. The van der Waals surface area contributed by atoms with Gasteiger partial charge in [0, 0.05) is 36.2 Å². The fourth-order valence-electron chi connectivity index (χ4n) is 9.90. The number of epoxide rings is 1. The standard InChI is InChI=1S/C47H47N3O9/c51-23-22-48-43(52)33-9-7-8-32(24-33)27-49-45(54)46-26-38-39-40(58-47(57-39,34-10-3-1-4-11-34)35-12-5-2-6-13-35)42(46)59-50(41(46)44(53)56-38)28-31-18-15-29(16-19-31)14-17-30-20-21-36-37(25-30)55-36/h1-19,24,30,36-42,51H,20-23,25-28H2,(H,48,52)(H,49,54). The zero-order valence-corrected chi connectivity index (χ0v) is 32.5. The van der Waals surface area contributed by atoms with E-state index in [0.717, 1.165) is 41.5 Å². The van der Waals surface area contributed by atoms with E-state index in [9.17, 15) is 19.5 Å². The highest BCUT2D eigenvalue weighted by molar-refractivity contribution is 5.95. The van der Waals surface area contributed by atoms with Crippen molar-refractivity contribution < 1.29 is 43.3 Å². The first-order chi connectivity index (χ1) is 28.8. The lowest BCUT2D eigenvalue weighted by atomic mass is 9.62. The van der Waals surface area contributed by atoms with Gasteiger partial charge in [0.05, 0.1) is 25.4 Å². The number of hydrogen-bond acceptors (Lipinski definition) is 10. The Bertz CT molecular complexity index is 2200. The topological polar surface area (TPSA) is 148 Å². The van der Waals surface area contributed by atoms with E-state index in [-0.39, 0.29) is 44.5 Å². The molecule has 12 nitrogen and oxygen atoms in total. The number of rotatable bonds is 12. The van der Waals surface area contributed by atoms with Crippen LogP contribution in [0.3, 0.4) is 0 Å². The molecule has 2 saturated carbocycles. The molecular weight excluding hydrogens is 751 g/mol. The molecule has 0 aromatic heterocycles. The number of hydroxylamine groups is 2. The monoisotopic (exact) mass is 797 g/mol. The summed E-state index contributed by atoms with van der Waals surface area (Å²) in [4.78, 5) is 48.9. The molecule has 6 aliphatic rings. The van der Waals surface area contributed by atoms with E-state index in [4.69, 9.17) is 23.8 Å². The first-order valence-corrected chi connectivity index (χ1v) is 20.6. The van der Waals surface area contributed by atoms with Gasteiger partial charge in [-0.05, 0) is 54.0 Å². The second-order valence-electron chi connectivity index (χ2n) is 16.5. The molecule has 10 rings (SSSR count). The Morgan fingerprint density at radius 3 is 2.29 bits per heavy atom. The Kier molecular flexibility index (Phi) is 9.94. The zero-order chi connectivity index (χ0) is 40.1. The van der Waals surface area contributed by atoms with Gasteiger partial charge in [-0.25, -0.2) is 0 Å². The second kappa shape index (κ2) is 15.4. The van der Waals surface area contributed by atoms with Crippen molar-refractivity contribution in [3.8, 4) is 0 Å². The van der Waals surface area contributed by atoms with E-state index in [1.165, 1.54) is 0 Å². The van der Waals surface area contributed by atoms with Crippen molar-refractivity contribution in [3.63, 3.8) is 0 Å². The summed E-state index contributed by atoms with van der Waals surface area (Å²) in [6.45, 7) is 0.257. The number of aliphatic hydroxyl groups is 1. The summed E-state index contributed by atoms with van der Waals surface area (Å²) in [5, 5.41) is 16.6. The van der Waals surface area contributed by atoms with Crippen LogP contribution in [0, 0.1) is 11.3 Å². The van der Waals surface area contributed by atoms with Crippen LogP contribution in [0.2, 0.25) is 0 Å². The van der Waals surface area contributed by atoms with Crippen molar-refractivity contribution in [2.45, 2.75) is 87.2 Å². The quantitative estimate of drug-likeness (QED) is 0.135. The van der Waals surface area contributed by atoms with Crippen LogP contribution in [0.25, 0.3) is 6.08 Å². The van der Waals surface area contributed by atoms with Crippen LogP contribution >= 0.6 is 0 Å². The Labute approximate surface area is 342 Å². The van der Waals surface area contributed by atoms with Crippen LogP contribution in [0.5, 0.6) is 0 Å².